The molecule has 1 N–H and O–H groups in total. The maximum atomic E-state index is 13.9. The molecule has 1 atom stereocenters. The van der Waals surface area contributed by atoms with Crippen molar-refractivity contribution >= 4 is 17.5 Å². The molecule has 25 heavy (non-hydrogen) atoms. The van der Waals surface area contributed by atoms with Gasteiger partial charge in [0.2, 0.25) is 0 Å². The highest BCUT2D eigenvalue weighted by atomic mass is 35.5. The Bertz CT molecular complexity index is 774. The molecule has 1 heterocycles. The predicted molar refractivity (Wildman–Crippen MR) is 95.6 cm³/mol. The Morgan fingerprint density at radius 2 is 2.08 bits per heavy atom. The van der Waals surface area contributed by atoms with Crippen molar-refractivity contribution in [1.29, 1.82) is 0 Å². The molecule has 1 aromatic heterocycles. The molecule has 2 rings (SSSR count). The van der Waals surface area contributed by atoms with E-state index in [1.54, 1.807) is 24.6 Å². The van der Waals surface area contributed by atoms with Gasteiger partial charge in [-0.2, -0.15) is 5.10 Å². The van der Waals surface area contributed by atoms with Crippen molar-refractivity contribution in [2.24, 2.45) is 5.92 Å². The number of methoxy groups -OCH3 is 1. The van der Waals surface area contributed by atoms with Crippen molar-refractivity contribution in [3.8, 4) is 5.75 Å². The molecule has 1 aromatic carbocycles. The molecule has 0 saturated heterocycles. The molecule has 0 aliphatic carbocycles. The molecule has 5 nitrogen and oxygen atoms in total. The van der Waals surface area contributed by atoms with Gasteiger partial charge in [-0.1, -0.05) is 31.5 Å². The van der Waals surface area contributed by atoms with E-state index in [9.17, 15) is 9.18 Å². The van der Waals surface area contributed by atoms with Crippen LogP contribution in [0.25, 0.3) is 0 Å². The van der Waals surface area contributed by atoms with Crippen LogP contribution >= 0.6 is 11.6 Å². The zero-order valence-corrected chi connectivity index (χ0v) is 15.8. The summed E-state index contributed by atoms with van der Waals surface area (Å²) in [5.41, 5.74) is 1.55. The van der Waals surface area contributed by atoms with Gasteiger partial charge in [0.25, 0.3) is 5.91 Å². The van der Waals surface area contributed by atoms with E-state index in [0.717, 1.165) is 0 Å². The maximum absolute atomic E-state index is 13.9. The molecule has 0 saturated carbocycles. The van der Waals surface area contributed by atoms with Crippen molar-refractivity contribution in [3.63, 3.8) is 0 Å². The van der Waals surface area contributed by atoms with Crippen LogP contribution in [0.3, 0.4) is 0 Å². The number of hydrogen-bond donors (Lipinski definition) is 1. The summed E-state index contributed by atoms with van der Waals surface area (Å²) in [4.78, 5) is 12.6. The lowest BCUT2D eigenvalue weighted by Gasteiger charge is -2.15. The van der Waals surface area contributed by atoms with Crippen LogP contribution in [0.15, 0.2) is 18.2 Å². The lowest BCUT2D eigenvalue weighted by Crippen LogP contribution is -2.27. The van der Waals surface area contributed by atoms with Crippen LogP contribution in [0.4, 0.5) is 4.39 Å². The lowest BCUT2D eigenvalue weighted by atomic mass is 10.1. The van der Waals surface area contributed by atoms with Gasteiger partial charge >= 0.3 is 0 Å². The van der Waals surface area contributed by atoms with E-state index in [4.69, 9.17) is 16.3 Å². The average Bonchev–Trinajstić information content (AvgIpc) is 2.80. The molecule has 136 valence electrons. The summed E-state index contributed by atoms with van der Waals surface area (Å²) in [6.07, 6.45) is 0. The largest absolute Gasteiger partial charge is 0.494 e. The van der Waals surface area contributed by atoms with Gasteiger partial charge in [-0.15, -0.1) is 0 Å². The first-order valence-corrected chi connectivity index (χ1v) is 8.49. The van der Waals surface area contributed by atoms with Crippen LogP contribution in [-0.2, 0) is 6.54 Å². The molecular formula is C18H23ClFN3O2. The normalized spacial score (nSPS) is 12.3. The predicted octanol–water partition coefficient (Wildman–Crippen LogP) is 4.14. The SMILES string of the molecule is COc1ccc(C(C)NC(=O)c2c(C)nn(CC(C)C)c2Cl)cc1F. The second-order valence-corrected chi connectivity index (χ2v) is 6.77. The minimum absolute atomic E-state index is 0.163. The number of halogens is 2. The van der Waals surface area contributed by atoms with Crippen LogP contribution in [0, 0.1) is 18.7 Å². The first kappa shape index (κ1) is 19.2. The van der Waals surface area contributed by atoms with Gasteiger partial charge in [-0.25, -0.2) is 4.39 Å². The van der Waals surface area contributed by atoms with Crippen molar-refractivity contribution in [2.45, 2.75) is 40.3 Å². The summed E-state index contributed by atoms with van der Waals surface area (Å²) < 4.78 is 20.4. The van der Waals surface area contributed by atoms with Gasteiger partial charge < -0.3 is 10.1 Å². The highest BCUT2D eigenvalue weighted by Crippen LogP contribution is 2.24. The number of ether oxygens (including phenoxy) is 1. The van der Waals surface area contributed by atoms with Gasteiger partial charge in [-0.05, 0) is 37.5 Å². The third-order valence-corrected chi connectivity index (χ3v) is 4.24. The number of carbonyl (C=O) groups excluding carboxylic acids is 1. The van der Waals surface area contributed by atoms with Gasteiger partial charge in [0.1, 0.15) is 5.15 Å². The van der Waals surface area contributed by atoms with E-state index in [1.165, 1.54) is 19.2 Å². The second kappa shape index (κ2) is 7.87. The Morgan fingerprint density at radius 3 is 2.64 bits per heavy atom. The summed E-state index contributed by atoms with van der Waals surface area (Å²) in [5, 5.41) is 7.49. The summed E-state index contributed by atoms with van der Waals surface area (Å²) in [6.45, 7) is 8.25. The number of amides is 1. The summed E-state index contributed by atoms with van der Waals surface area (Å²) in [6, 6.07) is 4.20. The number of hydrogen-bond acceptors (Lipinski definition) is 3. The number of aromatic nitrogens is 2. The number of nitrogens with zero attached hydrogens (tertiary/aromatic N) is 2. The first-order valence-electron chi connectivity index (χ1n) is 8.11. The maximum Gasteiger partial charge on any atom is 0.256 e. The zero-order chi connectivity index (χ0) is 18.7. The van der Waals surface area contributed by atoms with Crippen molar-refractivity contribution < 1.29 is 13.9 Å². The molecule has 7 heteroatoms. The van der Waals surface area contributed by atoms with E-state index in [0.29, 0.717) is 34.4 Å². The van der Waals surface area contributed by atoms with E-state index >= 15 is 0 Å². The molecule has 2 aromatic rings. The van der Waals surface area contributed by atoms with E-state index < -0.39 is 11.9 Å². The minimum Gasteiger partial charge on any atom is -0.494 e. The Morgan fingerprint density at radius 1 is 1.40 bits per heavy atom. The lowest BCUT2D eigenvalue weighted by molar-refractivity contribution is 0.0939. The standard InChI is InChI=1S/C18H23ClFN3O2/c1-10(2)9-23-17(19)16(12(4)22-23)18(24)21-11(3)13-6-7-15(25-5)14(20)8-13/h6-8,10-11H,9H2,1-5H3,(H,21,24). The molecule has 0 aliphatic heterocycles. The fraction of sp³-hybridized carbons (Fsp3) is 0.444. The Labute approximate surface area is 152 Å². The number of benzene rings is 1. The quantitative estimate of drug-likeness (QED) is 0.834. The second-order valence-electron chi connectivity index (χ2n) is 6.42. The number of rotatable bonds is 6. The molecule has 0 bridgehead atoms. The van der Waals surface area contributed by atoms with Crippen LogP contribution < -0.4 is 10.1 Å². The van der Waals surface area contributed by atoms with E-state index in [1.807, 2.05) is 13.8 Å². The van der Waals surface area contributed by atoms with Gasteiger partial charge in [-0.3, -0.25) is 9.48 Å². The molecule has 1 unspecified atom stereocenters. The average molecular weight is 368 g/mol. The number of carbonyl (C=O) groups is 1. The third-order valence-electron chi connectivity index (χ3n) is 3.85. The minimum atomic E-state index is -0.472. The molecule has 0 aliphatic rings. The Hall–Kier alpha value is -2.08. The fourth-order valence-electron chi connectivity index (χ4n) is 2.58. The zero-order valence-electron chi connectivity index (χ0n) is 15.1. The Balaban J connectivity index is 2.19. The highest BCUT2D eigenvalue weighted by Gasteiger charge is 2.22. The van der Waals surface area contributed by atoms with Gasteiger partial charge in [0.15, 0.2) is 11.6 Å². The van der Waals surface area contributed by atoms with Gasteiger partial charge in [0.05, 0.1) is 24.4 Å². The van der Waals surface area contributed by atoms with Crippen molar-refractivity contribution in [2.75, 3.05) is 7.11 Å². The van der Waals surface area contributed by atoms with Crippen LogP contribution in [0.1, 0.15) is 48.4 Å². The third kappa shape index (κ3) is 4.31. The van der Waals surface area contributed by atoms with E-state index in [2.05, 4.69) is 10.4 Å². The molecular weight excluding hydrogens is 345 g/mol. The fourth-order valence-corrected chi connectivity index (χ4v) is 2.91. The van der Waals surface area contributed by atoms with Crippen LogP contribution in [0.2, 0.25) is 5.15 Å². The molecule has 0 spiro atoms. The Kier molecular flexibility index (Phi) is 6.06. The molecule has 0 fully saturated rings. The highest BCUT2D eigenvalue weighted by molar-refractivity contribution is 6.33. The van der Waals surface area contributed by atoms with Crippen molar-refractivity contribution in [1.82, 2.24) is 15.1 Å². The van der Waals surface area contributed by atoms with Crippen molar-refractivity contribution in [3.05, 3.63) is 46.0 Å². The summed E-state index contributed by atoms with van der Waals surface area (Å²) in [5.74, 6) is -0.286. The van der Waals surface area contributed by atoms with Gasteiger partial charge in [0, 0.05) is 6.54 Å². The number of aryl methyl sites for hydroxylation is 1. The summed E-state index contributed by atoms with van der Waals surface area (Å²) in [7, 11) is 1.41. The molecule has 0 radical (unpaired) electrons. The smallest absolute Gasteiger partial charge is 0.256 e. The topological polar surface area (TPSA) is 56.1 Å². The number of nitrogens with one attached hydrogen (secondary N) is 1. The molecule has 1 amide bonds. The summed E-state index contributed by atoms with van der Waals surface area (Å²) >= 11 is 6.33. The monoisotopic (exact) mass is 367 g/mol. The van der Waals surface area contributed by atoms with Crippen LogP contribution in [0.5, 0.6) is 5.75 Å². The van der Waals surface area contributed by atoms with Crippen LogP contribution in [-0.4, -0.2) is 22.8 Å². The van der Waals surface area contributed by atoms with E-state index in [-0.39, 0.29) is 11.7 Å². The first-order chi connectivity index (χ1) is 11.7.